The van der Waals surface area contributed by atoms with E-state index in [4.69, 9.17) is 28.6 Å². The Kier molecular flexibility index (Phi) is 5.07. The zero-order valence-corrected chi connectivity index (χ0v) is 14.8. The zero-order valence-electron chi connectivity index (χ0n) is 13.3. The van der Waals surface area contributed by atoms with Gasteiger partial charge in [-0.25, -0.2) is 9.37 Å². The fourth-order valence-corrected chi connectivity index (χ4v) is 3.54. The molecule has 0 amide bonds. The van der Waals surface area contributed by atoms with Crippen LogP contribution in [0.2, 0.25) is 10.2 Å². The second-order valence-corrected chi connectivity index (χ2v) is 6.79. The Morgan fingerprint density at radius 2 is 2.04 bits per heavy atom. The van der Waals surface area contributed by atoms with E-state index in [9.17, 15) is 4.39 Å². The molecule has 3 nitrogen and oxygen atoms in total. The number of nitrogens with one attached hydrogen (secondary N) is 1. The molecule has 2 heterocycles. The Labute approximate surface area is 150 Å². The third-order valence-electron chi connectivity index (χ3n) is 4.40. The van der Waals surface area contributed by atoms with Crippen LogP contribution in [-0.4, -0.2) is 28.3 Å². The Morgan fingerprint density at radius 3 is 2.75 bits per heavy atom. The smallest absolute Gasteiger partial charge is 0.140 e. The minimum absolute atomic E-state index is 0.167. The van der Waals surface area contributed by atoms with Gasteiger partial charge in [0.15, 0.2) is 0 Å². The summed E-state index contributed by atoms with van der Waals surface area (Å²) < 4.78 is 14.0. The Bertz CT molecular complexity index is 779. The van der Waals surface area contributed by atoms with Gasteiger partial charge in [-0.3, -0.25) is 5.41 Å². The van der Waals surface area contributed by atoms with Gasteiger partial charge in [0.1, 0.15) is 16.8 Å². The van der Waals surface area contributed by atoms with Crippen LogP contribution in [0.3, 0.4) is 0 Å². The number of amidine groups is 1. The predicted octanol–water partition coefficient (Wildman–Crippen LogP) is 5.39. The molecule has 1 atom stereocenters. The molecule has 0 unspecified atom stereocenters. The van der Waals surface area contributed by atoms with Crippen molar-refractivity contribution in [3.8, 4) is 11.3 Å². The number of nitrogens with zero attached hydrogens (tertiary/aromatic N) is 2. The second kappa shape index (κ2) is 7.08. The number of aromatic nitrogens is 1. The van der Waals surface area contributed by atoms with Crippen molar-refractivity contribution in [3.05, 3.63) is 51.9 Å². The maximum Gasteiger partial charge on any atom is 0.140 e. The summed E-state index contributed by atoms with van der Waals surface area (Å²) in [5.41, 5.74) is 1.08. The lowest BCUT2D eigenvalue weighted by atomic mass is 10.0. The van der Waals surface area contributed by atoms with Crippen LogP contribution in [0.4, 0.5) is 4.39 Å². The van der Waals surface area contributed by atoms with Crippen molar-refractivity contribution in [2.45, 2.75) is 32.2 Å². The van der Waals surface area contributed by atoms with Gasteiger partial charge >= 0.3 is 0 Å². The standard InChI is InChI=1S/C18H18Cl2FN3/c1-11-6-4-5-9-24(11)18(22)13-10-14(19)16(23-17(13)20)12-7-2-3-8-15(12)21/h2-3,7-8,10-11,22H,4-6,9H2,1H3/t11-/m0/s1. The molecule has 0 spiro atoms. The van der Waals surface area contributed by atoms with E-state index in [1.807, 2.05) is 4.90 Å². The molecule has 24 heavy (non-hydrogen) atoms. The molecule has 6 heteroatoms. The van der Waals surface area contributed by atoms with E-state index in [2.05, 4.69) is 11.9 Å². The largest absolute Gasteiger partial charge is 0.354 e. The summed E-state index contributed by atoms with van der Waals surface area (Å²) in [4.78, 5) is 6.29. The minimum Gasteiger partial charge on any atom is -0.354 e. The van der Waals surface area contributed by atoms with Gasteiger partial charge in [0.2, 0.25) is 0 Å². The summed E-state index contributed by atoms with van der Waals surface area (Å²) >= 11 is 12.6. The van der Waals surface area contributed by atoms with Crippen molar-refractivity contribution >= 4 is 29.0 Å². The van der Waals surface area contributed by atoms with Crippen LogP contribution >= 0.6 is 23.2 Å². The van der Waals surface area contributed by atoms with Gasteiger partial charge in [-0.1, -0.05) is 35.3 Å². The van der Waals surface area contributed by atoms with E-state index in [0.29, 0.717) is 22.7 Å². The Balaban J connectivity index is 1.98. The summed E-state index contributed by atoms with van der Waals surface area (Å²) in [6.07, 6.45) is 3.27. The average molecular weight is 366 g/mol. The van der Waals surface area contributed by atoms with Crippen molar-refractivity contribution in [3.63, 3.8) is 0 Å². The zero-order chi connectivity index (χ0) is 17.3. The molecule has 1 N–H and O–H groups in total. The summed E-state index contributed by atoms with van der Waals surface area (Å²) in [7, 11) is 0. The first-order valence-corrected chi connectivity index (χ1v) is 8.71. The number of hydrogen-bond acceptors (Lipinski definition) is 2. The molecule has 0 bridgehead atoms. The average Bonchev–Trinajstić information content (AvgIpc) is 2.57. The number of pyridine rings is 1. The van der Waals surface area contributed by atoms with E-state index in [0.717, 1.165) is 19.4 Å². The molecule has 1 saturated heterocycles. The topological polar surface area (TPSA) is 40.0 Å². The predicted molar refractivity (Wildman–Crippen MR) is 96.5 cm³/mol. The molecular formula is C18H18Cl2FN3. The fraction of sp³-hybridized carbons (Fsp3) is 0.333. The highest BCUT2D eigenvalue weighted by Crippen LogP contribution is 2.32. The molecular weight excluding hydrogens is 348 g/mol. The summed E-state index contributed by atoms with van der Waals surface area (Å²) in [6, 6.07) is 8.19. The quantitative estimate of drug-likeness (QED) is 0.440. The van der Waals surface area contributed by atoms with Crippen molar-refractivity contribution in [2.24, 2.45) is 0 Å². The first-order chi connectivity index (χ1) is 11.5. The third kappa shape index (κ3) is 3.26. The number of rotatable bonds is 2. The highest BCUT2D eigenvalue weighted by atomic mass is 35.5. The monoisotopic (exact) mass is 365 g/mol. The van der Waals surface area contributed by atoms with Crippen LogP contribution in [-0.2, 0) is 0 Å². The van der Waals surface area contributed by atoms with Gasteiger partial charge in [0, 0.05) is 18.2 Å². The van der Waals surface area contributed by atoms with Crippen LogP contribution in [0.5, 0.6) is 0 Å². The van der Waals surface area contributed by atoms with Gasteiger partial charge in [0.05, 0.1) is 16.3 Å². The summed E-state index contributed by atoms with van der Waals surface area (Å²) in [5.74, 6) is -0.0860. The first kappa shape index (κ1) is 17.2. The van der Waals surface area contributed by atoms with E-state index >= 15 is 0 Å². The van der Waals surface area contributed by atoms with Gasteiger partial charge < -0.3 is 4.90 Å². The van der Waals surface area contributed by atoms with Crippen LogP contribution in [0.25, 0.3) is 11.3 Å². The molecule has 1 aliphatic heterocycles. The van der Waals surface area contributed by atoms with E-state index in [1.165, 1.54) is 12.5 Å². The maximum absolute atomic E-state index is 14.0. The SMILES string of the molecule is C[C@H]1CCCCN1C(=N)c1cc(Cl)c(-c2ccccc2F)nc1Cl. The van der Waals surface area contributed by atoms with Crippen LogP contribution in [0, 0.1) is 11.2 Å². The number of benzene rings is 1. The molecule has 1 aromatic carbocycles. The van der Waals surface area contributed by atoms with Crippen LogP contribution in [0.1, 0.15) is 31.7 Å². The normalized spacial score (nSPS) is 17.8. The number of likely N-dealkylation sites (tertiary alicyclic amines) is 1. The lowest BCUT2D eigenvalue weighted by Gasteiger charge is -2.35. The van der Waals surface area contributed by atoms with E-state index in [-0.39, 0.29) is 16.2 Å². The Morgan fingerprint density at radius 1 is 1.29 bits per heavy atom. The van der Waals surface area contributed by atoms with Crippen molar-refractivity contribution in [2.75, 3.05) is 6.54 Å². The van der Waals surface area contributed by atoms with Gasteiger partial charge in [-0.15, -0.1) is 0 Å². The lowest BCUT2D eigenvalue weighted by Crippen LogP contribution is -2.42. The first-order valence-electron chi connectivity index (χ1n) is 7.95. The minimum atomic E-state index is -0.407. The van der Waals surface area contributed by atoms with Crippen LogP contribution in [0.15, 0.2) is 30.3 Å². The van der Waals surface area contributed by atoms with E-state index < -0.39 is 5.82 Å². The molecule has 1 aromatic heterocycles. The van der Waals surface area contributed by atoms with E-state index in [1.54, 1.807) is 24.3 Å². The molecule has 3 rings (SSSR count). The molecule has 0 radical (unpaired) electrons. The molecule has 1 aliphatic rings. The molecule has 2 aromatic rings. The third-order valence-corrected chi connectivity index (χ3v) is 4.98. The highest BCUT2D eigenvalue weighted by Gasteiger charge is 2.24. The van der Waals surface area contributed by atoms with Gasteiger partial charge in [-0.05, 0) is 44.4 Å². The number of hydrogen-bond donors (Lipinski definition) is 1. The lowest BCUT2D eigenvalue weighted by molar-refractivity contribution is 0.257. The maximum atomic E-state index is 14.0. The van der Waals surface area contributed by atoms with Gasteiger partial charge in [0.25, 0.3) is 0 Å². The molecule has 1 fully saturated rings. The van der Waals surface area contributed by atoms with Crippen molar-refractivity contribution < 1.29 is 4.39 Å². The second-order valence-electron chi connectivity index (χ2n) is 6.02. The van der Waals surface area contributed by atoms with Gasteiger partial charge in [-0.2, -0.15) is 0 Å². The van der Waals surface area contributed by atoms with Crippen molar-refractivity contribution in [1.82, 2.24) is 9.88 Å². The highest BCUT2D eigenvalue weighted by molar-refractivity contribution is 6.36. The molecule has 0 aliphatic carbocycles. The summed E-state index contributed by atoms with van der Waals surface area (Å²) in [6.45, 7) is 2.92. The number of piperidine rings is 1. The van der Waals surface area contributed by atoms with Crippen LogP contribution < -0.4 is 0 Å². The number of halogens is 3. The fourth-order valence-electron chi connectivity index (χ4n) is 3.06. The summed E-state index contributed by atoms with van der Waals surface area (Å²) in [5, 5.41) is 8.93. The molecule has 126 valence electrons. The molecule has 0 saturated carbocycles. The Hall–Kier alpha value is -1.65. The van der Waals surface area contributed by atoms with Crippen molar-refractivity contribution in [1.29, 1.82) is 5.41 Å².